The Morgan fingerprint density at radius 2 is 2.00 bits per heavy atom. The van der Waals surface area contributed by atoms with Crippen LogP contribution in [0.3, 0.4) is 0 Å². The smallest absolute Gasteiger partial charge is 0.128 e. The van der Waals surface area contributed by atoms with Crippen molar-refractivity contribution in [2.24, 2.45) is 11.7 Å². The van der Waals surface area contributed by atoms with Gasteiger partial charge in [0.2, 0.25) is 0 Å². The van der Waals surface area contributed by atoms with Gasteiger partial charge in [0.05, 0.1) is 0 Å². The number of hydrogen-bond donors (Lipinski definition) is 1. The molecule has 1 unspecified atom stereocenters. The summed E-state index contributed by atoms with van der Waals surface area (Å²) in [5, 5.41) is 0.519. The SMILES string of the molecule is NCC(c1c(F)cccc1Cl)C1CCCCC1. The maximum atomic E-state index is 13.9. The van der Waals surface area contributed by atoms with Crippen molar-refractivity contribution in [3.63, 3.8) is 0 Å². The van der Waals surface area contributed by atoms with Gasteiger partial charge < -0.3 is 5.73 Å². The average molecular weight is 256 g/mol. The molecule has 1 saturated carbocycles. The van der Waals surface area contributed by atoms with Crippen molar-refractivity contribution in [1.29, 1.82) is 0 Å². The lowest BCUT2D eigenvalue weighted by molar-refractivity contribution is 0.303. The van der Waals surface area contributed by atoms with Crippen molar-refractivity contribution in [3.8, 4) is 0 Å². The molecular formula is C14H19ClFN. The number of rotatable bonds is 3. The Morgan fingerprint density at radius 1 is 1.29 bits per heavy atom. The highest BCUT2D eigenvalue weighted by molar-refractivity contribution is 6.31. The molecule has 0 amide bonds. The molecule has 1 fully saturated rings. The largest absolute Gasteiger partial charge is 0.330 e. The normalized spacial score (nSPS) is 19.2. The van der Waals surface area contributed by atoms with E-state index in [1.807, 2.05) is 0 Å². The Labute approximate surface area is 107 Å². The first-order chi connectivity index (χ1) is 8.24. The third-order valence-corrected chi connectivity index (χ3v) is 4.17. The lowest BCUT2D eigenvalue weighted by atomic mass is 9.76. The average Bonchev–Trinajstić information content (AvgIpc) is 2.35. The summed E-state index contributed by atoms with van der Waals surface area (Å²) < 4.78 is 13.9. The Kier molecular flexibility index (Phi) is 4.41. The van der Waals surface area contributed by atoms with E-state index >= 15 is 0 Å². The van der Waals surface area contributed by atoms with Gasteiger partial charge >= 0.3 is 0 Å². The zero-order valence-corrected chi connectivity index (χ0v) is 10.7. The standard InChI is InChI=1S/C14H19ClFN/c15-12-7-4-8-13(16)14(12)11(9-17)10-5-2-1-3-6-10/h4,7-8,10-11H,1-3,5-6,9,17H2. The summed E-state index contributed by atoms with van der Waals surface area (Å²) in [6.07, 6.45) is 6.04. The highest BCUT2D eigenvalue weighted by atomic mass is 35.5. The van der Waals surface area contributed by atoms with E-state index in [1.165, 1.54) is 25.3 Å². The van der Waals surface area contributed by atoms with E-state index in [1.54, 1.807) is 12.1 Å². The van der Waals surface area contributed by atoms with Crippen LogP contribution in [0.4, 0.5) is 4.39 Å². The fourth-order valence-electron chi connectivity index (χ4n) is 2.95. The Bertz CT molecular complexity index is 354. The topological polar surface area (TPSA) is 26.0 Å². The predicted molar refractivity (Wildman–Crippen MR) is 69.8 cm³/mol. The minimum absolute atomic E-state index is 0.0731. The molecule has 94 valence electrons. The van der Waals surface area contributed by atoms with Crippen molar-refractivity contribution in [2.75, 3.05) is 6.54 Å². The molecule has 1 aromatic rings. The summed E-state index contributed by atoms with van der Waals surface area (Å²) >= 11 is 6.13. The number of nitrogens with two attached hydrogens (primary N) is 1. The van der Waals surface area contributed by atoms with Gasteiger partial charge in [0.15, 0.2) is 0 Å². The second kappa shape index (κ2) is 5.83. The Balaban J connectivity index is 2.27. The molecule has 0 saturated heterocycles. The van der Waals surface area contributed by atoms with Gasteiger partial charge in [-0.3, -0.25) is 0 Å². The molecule has 2 N–H and O–H groups in total. The molecule has 1 atom stereocenters. The third-order valence-electron chi connectivity index (χ3n) is 3.84. The zero-order valence-electron chi connectivity index (χ0n) is 9.96. The molecule has 0 aliphatic heterocycles. The van der Waals surface area contributed by atoms with Gasteiger partial charge in [-0.25, -0.2) is 4.39 Å². The van der Waals surface area contributed by atoms with Crippen LogP contribution in [0.5, 0.6) is 0 Å². The monoisotopic (exact) mass is 255 g/mol. The molecular weight excluding hydrogens is 237 g/mol. The van der Waals surface area contributed by atoms with Crippen LogP contribution in [0, 0.1) is 11.7 Å². The number of benzene rings is 1. The van der Waals surface area contributed by atoms with Crippen molar-refractivity contribution in [3.05, 3.63) is 34.6 Å². The van der Waals surface area contributed by atoms with E-state index in [-0.39, 0.29) is 11.7 Å². The van der Waals surface area contributed by atoms with Crippen molar-refractivity contribution in [2.45, 2.75) is 38.0 Å². The molecule has 0 bridgehead atoms. The van der Waals surface area contributed by atoms with E-state index in [2.05, 4.69) is 0 Å². The molecule has 17 heavy (non-hydrogen) atoms. The van der Waals surface area contributed by atoms with Crippen LogP contribution < -0.4 is 5.73 Å². The van der Waals surface area contributed by atoms with Gasteiger partial charge in [-0.1, -0.05) is 36.9 Å². The summed E-state index contributed by atoms with van der Waals surface area (Å²) in [5.41, 5.74) is 6.48. The molecule has 0 aromatic heterocycles. The minimum Gasteiger partial charge on any atom is -0.330 e. The second-order valence-corrected chi connectivity index (χ2v) is 5.28. The molecule has 0 radical (unpaired) electrons. The highest BCUT2D eigenvalue weighted by Crippen LogP contribution is 2.39. The second-order valence-electron chi connectivity index (χ2n) is 4.88. The molecule has 1 aromatic carbocycles. The van der Waals surface area contributed by atoms with Gasteiger partial charge in [-0.2, -0.15) is 0 Å². The number of halogens is 2. The maximum absolute atomic E-state index is 13.9. The van der Waals surface area contributed by atoms with Crippen LogP contribution in [0.25, 0.3) is 0 Å². The summed E-state index contributed by atoms with van der Waals surface area (Å²) in [7, 11) is 0. The van der Waals surface area contributed by atoms with E-state index in [9.17, 15) is 4.39 Å². The molecule has 1 nitrogen and oxygen atoms in total. The number of hydrogen-bond acceptors (Lipinski definition) is 1. The van der Waals surface area contributed by atoms with Crippen LogP contribution in [-0.2, 0) is 0 Å². The van der Waals surface area contributed by atoms with E-state index in [0.29, 0.717) is 23.0 Å². The highest BCUT2D eigenvalue weighted by Gasteiger charge is 2.27. The first kappa shape index (κ1) is 12.8. The lowest BCUT2D eigenvalue weighted by Gasteiger charge is -2.30. The minimum atomic E-state index is -0.210. The molecule has 1 aliphatic rings. The lowest BCUT2D eigenvalue weighted by Crippen LogP contribution is -2.24. The Morgan fingerprint density at radius 3 is 2.59 bits per heavy atom. The van der Waals surface area contributed by atoms with Crippen molar-refractivity contribution in [1.82, 2.24) is 0 Å². The molecule has 2 rings (SSSR count). The quantitative estimate of drug-likeness (QED) is 0.865. The summed E-state index contributed by atoms with van der Waals surface area (Å²) in [5.74, 6) is 0.352. The van der Waals surface area contributed by atoms with Gasteiger partial charge in [0.1, 0.15) is 5.82 Å². The summed E-state index contributed by atoms with van der Waals surface area (Å²) in [4.78, 5) is 0. The van der Waals surface area contributed by atoms with Crippen LogP contribution in [0.15, 0.2) is 18.2 Å². The first-order valence-electron chi connectivity index (χ1n) is 6.38. The summed E-state index contributed by atoms with van der Waals surface area (Å²) in [6.45, 7) is 0.478. The molecule has 1 aliphatic carbocycles. The maximum Gasteiger partial charge on any atom is 0.128 e. The molecule has 3 heteroatoms. The Hall–Kier alpha value is -0.600. The van der Waals surface area contributed by atoms with Gasteiger partial charge in [0, 0.05) is 16.5 Å². The van der Waals surface area contributed by atoms with Crippen LogP contribution in [0.2, 0.25) is 5.02 Å². The van der Waals surface area contributed by atoms with E-state index in [0.717, 1.165) is 12.8 Å². The van der Waals surface area contributed by atoms with Gasteiger partial charge in [-0.05, 0) is 37.4 Å². The molecule has 0 spiro atoms. The fourth-order valence-corrected chi connectivity index (χ4v) is 3.25. The van der Waals surface area contributed by atoms with E-state index < -0.39 is 0 Å². The zero-order chi connectivity index (χ0) is 12.3. The fraction of sp³-hybridized carbons (Fsp3) is 0.571. The van der Waals surface area contributed by atoms with Gasteiger partial charge in [0.25, 0.3) is 0 Å². The van der Waals surface area contributed by atoms with Crippen LogP contribution in [-0.4, -0.2) is 6.54 Å². The summed E-state index contributed by atoms with van der Waals surface area (Å²) in [6, 6.07) is 4.88. The third kappa shape index (κ3) is 2.80. The van der Waals surface area contributed by atoms with Crippen LogP contribution >= 0.6 is 11.6 Å². The van der Waals surface area contributed by atoms with Gasteiger partial charge in [-0.15, -0.1) is 0 Å². The van der Waals surface area contributed by atoms with E-state index in [4.69, 9.17) is 17.3 Å². The van der Waals surface area contributed by atoms with Crippen LogP contribution in [0.1, 0.15) is 43.6 Å². The predicted octanol–water partition coefficient (Wildman–Crippen LogP) is 4.10. The van der Waals surface area contributed by atoms with Crippen molar-refractivity contribution < 1.29 is 4.39 Å². The van der Waals surface area contributed by atoms with Crippen molar-refractivity contribution >= 4 is 11.6 Å². The molecule has 0 heterocycles. The first-order valence-corrected chi connectivity index (χ1v) is 6.75.